The largest absolute Gasteiger partial charge is 0.338 e. The molecule has 0 aliphatic rings. The minimum Gasteiger partial charge on any atom is -0.338 e. The zero-order valence-corrected chi connectivity index (χ0v) is 8.44. The summed E-state index contributed by atoms with van der Waals surface area (Å²) in [6.45, 7) is 0. The predicted molar refractivity (Wildman–Crippen MR) is 61.5 cm³/mol. The highest BCUT2D eigenvalue weighted by molar-refractivity contribution is 5.79. The number of fused-ring (bicyclic) bond motifs is 1. The van der Waals surface area contributed by atoms with Crippen molar-refractivity contribution in [3.63, 3.8) is 0 Å². The summed E-state index contributed by atoms with van der Waals surface area (Å²) in [6, 6.07) is 14.1. The second-order valence-corrected chi connectivity index (χ2v) is 3.61. The van der Waals surface area contributed by atoms with Crippen molar-refractivity contribution in [2.45, 2.75) is 0 Å². The highest BCUT2D eigenvalue weighted by Crippen LogP contribution is 2.20. The summed E-state index contributed by atoms with van der Waals surface area (Å²) in [5.74, 6) is 0.443. The first-order valence-electron chi connectivity index (χ1n) is 5.03. The Morgan fingerprint density at radius 2 is 1.88 bits per heavy atom. The third-order valence-electron chi connectivity index (χ3n) is 2.49. The number of H-pyrrole nitrogens is 1. The molecule has 0 atom stereocenters. The van der Waals surface area contributed by atoms with Gasteiger partial charge in [0, 0.05) is 5.56 Å². The third kappa shape index (κ3) is 1.46. The van der Waals surface area contributed by atoms with Crippen molar-refractivity contribution in [2.75, 3.05) is 0 Å². The summed E-state index contributed by atoms with van der Waals surface area (Å²) >= 11 is 0. The van der Waals surface area contributed by atoms with Crippen molar-refractivity contribution in [3.05, 3.63) is 54.3 Å². The number of halogens is 1. The monoisotopic (exact) mass is 212 g/mol. The highest BCUT2D eigenvalue weighted by atomic mass is 19.1. The molecule has 3 rings (SSSR count). The van der Waals surface area contributed by atoms with Crippen LogP contribution in [-0.2, 0) is 0 Å². The van der Waals surface area contributed by atoms with Gasteiger partial charge >= 0.3 is 0 Å². The van der Waals surface area contributed by atoms with Gasteiger partial charge in [-0.05, 0) is 24.3 Å². The summed E-state index contributed by atoms with van der Waals surface area (Å²) in [6.07, 6.45) is 0. The van der Waals surface area contributed by atoms with E-state index >= 15 is 0 Å². The lowest BCUT2D eigenvalue weighted by Crippen LogP contribution is -1.81. The number of benzene rings is 2. The molecular formula is C13H9FN2. The van der Waals surface area contributed by atoms with Crippen LogP contribution in [0.1, 0.15) is 0 Å². The second-order valence-electron chi connectivity index (χ2n) is 3.61. The van der Waals surface area contributed by atoms with Gasteiger partial charge in [0.05, 0.1) is 11.0 Å². The molecule has 0 bridgehead atoms. The topological polar surface area (TPSA) is 28.7 Å². The van der Waals surface area contributed by atoms with Crippen LogP contribution in [0.5, 0.6) is 0 Å². The van der Waals surface area contributed by atoms with Gasteiger partial charge in [-0.25, -0.2) is 9.37 Å². The van der Waals surface area contributed by atoms with Crippen LogP contribution < -0.4 is 0 Å². The van der Waals surface area contributed by atoms with Crippen LogP contribution in [0.25, 0.3) is 22.4 Å². The summed E-state index contributed by atoms with van der Waals surface area (Å²) < 4.78 is 13.1. The molecule has 0 radical (unpaired) electrons. The van der Waals surface area contributed by atoms with E-state index in [2.05, 4.69) is 9.97 Å². The molecule has 2 nitrogen and oxygen atoms in total. The molecule has 0 unspecified atom stereocenters. The summed E-state index contributed by atoms with van der Waals surface area (Å²) in [4.78, 5) is 7.56. The summed E-state index contributed by atoms with van der Waals surface area (Å²) in [5, 5.41) is 0. The molecule has 0 saturated heterocycles. The average molecular weight is 212 g/mol. The van der Waals surface area contributed by atoms with Gasteiger partial charge in [-0.1, -0.05) is 24.3 Å². The standard InChI is InChI=1S/C13H9FN2/c14-10-5-3-4-9(8-10)13-15-11-6-1-2-7-12(11)16-13/h1-8H,(H,15,16). The molecular weight excluding hydrogens is 203 g/mol. The van der Waals surface area contributed by atoms with Crippen molar-refractivity contribution in [3.8, 4) is 11.4 Å². The average Bonchev–Trinajstić information content (AvgIpc) is 2.72. The lowest BCUT2D eigenvalue weighted by molar-refractivity contribution is 0.628. The quantitative estimate of drug-likeness (QED) is 0.658. The van der Waals surface area contributed by atoms with Gasteiger partial charge in [0.15, 0.2) is 0 Å². The minimum absolute atomic E-state index is 0.252. The van der Waals surface area contributed by atoms with Crippen LogP contribution >= 0.6 is 0 Å². The van der Waals surface area contributed by atoms with Gasteiger partial charge < -0.3 is 4.98 Å². The van der Waals surface area contributed by atoms with E-state index in [0.717, 1.165) is 16.6 Å². The first-order valence-corrected chi connectivity index (χ1v) is 5.03. The molecule has 0 amide bonds. The summed E-state index contributed by atoms with van der Waals surface area (Å²) in [7, 11) is 0. The number of aromatic amines is 1. The molecule has 16 heavy (non-hydrogen) atoms. The second kappa shape index (κ2) is 3.45. The molecule has 0 spiro atoms. The van der Waals surface area contributed by atoms with Crippen molar-refractivity contribution in [1.29, 1.82) is 0 Å². The number of para-hydroxylation sites is 2. The third-order valence-corrected chi connectivity index (χ3v) is 2.49. The lowest BCUT2D eigenvalue weighted by Gasteiger charge is -1.95. The molecule has 3 aromatic rings. The molecule has 0 aliphatic carbocycles. The SMILES string of the molecule is Fc1cccc(-c2nc3ccccc3[nH]2)c1. The van der Waals surface area contributed by atoms with E-state index in [1.54, 1.807) is 6.07 Å². The van der Waals surface area contributed by atoms with Crippen molar-refractivity contribution in [2.24, 2.45) is 0 Å². The van der Waals surface area contributed by atoms with E-state index in [4.69, 9.17) is 0 Å². The Labute approximate surface area is 91.8 Å². The van der Waals surface area contributed by atoms with Gasteiger partial charge in [-0.3, -0.25) is 0 Å². The molecule has 0 fully saturated rings. The Kier molecular flexibility index (Phi) is 1.96. The van der Waals surface area contributed by atoms with Gasteiger partial charge in [-0.2, -0.15) is 0 Å². The fourth-order valence-electron chi connectivity index (χ4n) is 1.73. The predicted octanol–water partition coefficient (Wildman–Crippen LogP) is 3.37. The van der Waals surface area contributed by atoms with Crippen molar-refractivity contribution >= 4 is 11.0 Å². The Bertz CT molecular complexity index is 610. The number of aromatic nitrogens is 2. The zero-order valence-electron chi connectivity index (χ0n) is 8.44. The fraction of sp³-hybridized carbons (Fsp3) is 0. The highest BCUT2D eigenvalue weighted by Gasteiger charge is 2.04. The van der Waals surface area contributed by atoms with Gasteiger partial charge in [-0.15, -0.1) is 0 Å². The van der Waals surface area contributed by atoms with Crippen LogP contribution in [-0.4, -0.2) is 9.97 Å². The van der Waals surface area contributed by atoms with Crippen LogP contribution in [0.2, 0.25) is 0 Å². The van der Waals surface area contributed by atoms with Crippen LogP contribution in [0, 0.1) is 5.82 Å². The normalized spacial score (nSPS) is 10.8. The van der Waals surface area contributed by atoms with Crippen LogP contribution in [0.3, 0.4) is 0 Å². The molecule has 78 valence electrons. The van der Waals surface area contributed by atoms with Crippen molar-refractivity contribution in [1.82, 2.24) is 9.97 Å². The van der Waals surface area contributed by atoms with Gasteiger partial charge in [0.25, 0.3) is 0 Å². The number of imidazole rings is 1. The molecule has 0 saturated carbocycles. The number of nitrogens with zero attached hydrogens (tertiary/aromatic N) is 1. The van der Waals surface area contributed by atoms with Crippen LogP contribution in [0.15, 0.2) is 48.5 Å². The number of hydrogen-bond acceptors (Lipinski definition) is 1. The smallest absolute Gasteiger partial charge is 0.138 e. The Morgan fingerprint density at radius 3 is 2.69 bits per heavy atom. The molecule has 3 heteroatoms. The van der Waals surface area contributed by atoms with E-state index in [9.17, 15) is 4.39 Å². The van der Waals surface area contributed by atoms with E-state index in [1.165, 1.54) is 12.1 Å². The van der Waals surface area contributed by atoms with Crippen molar-refractivity contribution < 1.29 is 4.39 Å². The Morgan fingerprint density at radius 1 is 1.00 bits per heavy atom. The molecule has 2 aromatic carbocycles. The maximum Gasteiger partial charge on any atom is 0.138 e. The zero-order chi connectivity index (χ0) is 11.0. The van der Waals surface area contributed by atoms with E-state index in [0.29, 0.717) is 5.82 Å². The van der Waals surface area contributed by atoms with E-state index in [-0.39, 0.29) is 5.82 Å². The maximum absolute atomic E-state index is 13.1. The van der Waals surface area contributed by atoms with Gasteiger partial charge in [0.1, 0.15) is 11.6 Å². The number of hydrogen-bond donors (Lipinski definition) is 1. The number of rotatable bonds is 1. The van der Waals surface area contributed by atoms with Gasteiger partial charge in [0.2, 0.25) is 0 Å². The Balaban J connectivity index is 2.19. The van der Waals surface area contributed by atoms with E-state index in [1.807, 2.05) is 30.3 Å². The fourth-order valence-corrected chi connectivity index (χ4v) is 1.73. The molecule has 1 aromatic heterocycles. The molecule has 1 N–H and O–H groups in total. The van der Waals surface area contributed by atoms with E-state index < -0.39 is 0 Å². The first-order chi connectivity index (χ1) is 7.83. The number of nitrogens with one attached hydrogen (secondary N) is 1. The molecule has 1 heterocycles. The first kappa shape index (κ1) is 9.09. The minimum atomic E-state index is -0.252. The Hall–Kier alpha value is -2.16. The van der Waals surface area contributed by atoms with Crippen LogP contribution in [0.4, 0.5) is 4.39 Å². The summed E-state index contributed by atoms with van der Waals surface area (Å²) in [5.41, 5.74) is 2.61. The molecule has 0 aliphatic heterocycles. The maximum atomic E-state index is 13.1. The lowest BCUT2D eigenvalue weighted by atomic mass is 10.2.